The number of amides is 1. The number of hydrogen-bond acceptors (Lipinski definition) is 4. The van der Waals surface area contributed by atoms with Crippen molar-refractivity contribution >= 4 is 15.9 Å². The first-order valence-electron chi connectivity index (χ1n) is 7.39. The summed E-state index contributed by atoms with van der Waals surface area (Å²) in [7, 11) is -4.02. The van der Waals surface area contributed by atoms with Gasteiger partial charge < -0.3 is 0 Å². The topological polar surface area (TPSA) is 81.1 Å². The van der Waals surface area contributed by atoms with Crippen LogP contribution in [0.3, 0.4) is 0 Å². The van der Waals surface area contributed by atoms with Crippen molar-refractivity contribution in [3.05, 3.63) is 53.6 Å². The van der Waals surface area contributed by atoms with Gasteiger partial charge in [-0.1, -0.05) is 12.1 Å². The van der Waals surface area contributed by atoms with Gasteiger partial charge in [-0.15, -0.1) is 0 Å². The zero-order valence-electron chi connectivity index (χ0n) is 13.5. The number of carbonyl (C=O) groups is 1. The van der Waals surface area contributed by atoms with E-state index in [0.29, 0.717) is 11.6 Å². The van der Waals surface area contributed by atoms with Crippen molar-refractivity contribution in [2.24, 2.45) is 0 Å². The molecule has 0 aliphatic rings. The minimum Gasteiger partial charge on any atom is -0.272 e. The summed E-state index contributed by atoms with van der Waals surface area (Å²) in [5.74, 6) is -1.92. The molecule has 0 fully saturated rings. The molecule has 142 valence electrons. The van der Waals surface area contributed by atoms with Crippen LogP contribution in [0.15, 0.2) is 36.5 Å². The van der Waals surface area contributed by atoms with Crippen LogP contribution >= 0.6 is 0 Å². The minimum atomic E-state index is -4.66. The van der Waals surface area contributed by atoms with Gasteiger partial charge in [0.05, 0.1) is 5.75 Å². The monoisotopic (exact) mass is 393 g/mol. The maximum Gasteiger partial charge on any atom is 0.435 e. The van der Waals surface area contributed by atoms with Crippen LogP contribution in [0.4, 0.5) is 17.6 Å². The Kier molecular flexibility index (Phi) is 5.69. The fourth-order valence-corrected chi connectivity index (χ4v) is 3.10. The first kappa shape index (κ1) is 19.9. The molecule has 0 aliphatic carbocycles. The molecule has 1 N–H and O–H groups in total. The van der Waals surface area contributed by atoms with Crippen molar-refractivity contribution in [1.82, 2.24) is 14.5 Å². The van der Waals surface area contributed by atoms with E-state index in [4.69, 9.17) is 0 Å². The van der Waals surface area contributed by atoms with E-state index >= 15 is 0 Å². The van der Waals surface area contributed by atoms with Gasteiger partial charge in [0.15, 0.2) is 5.69 Å². The Morgan fingerprint density at radius 3 is 2.38 bits per heavy atom. The SMILES string of the molecule is CC(C(=O)NS(=O)(=O)CCc1ccc(F)cc1)n1ccc(C(F)(F)F)n1. The number of aromatic nitrogens is 2. The highest BCUT2D eigenvalue weighted by atomic mass is 32.2. The average molecular weight is 393 g/mol. The Morgan fingerprint density at radius 2 is 1.85 bits per heavy atom. The van der Waals surface area contributed by atoms with Crippen molar-refractivity contribution in [2.45, 2.75) is 25.6 Å². The molecule has 1 aromatic carbocycles. The molecule has 6 nitrogen and oxygen atoms in total. The number of alkyl halides is 3. The number of benzene rings is 1. The normalized spacial score (nSPS) is 13.4. The Morgan fingerprint density at radius 1 is 1.23 bits per heavy atom. The van der Waals surface area contributed by atoms with E-state index in [9.17, 15) is 30.8 Å². The fraction of sp³-hybridized carbons (Fsp3) is 0.333. The van der Waals surface area contributed by atoms with Crippen LogP contribution in [0.5, 0.6) is 0 Å². The molecule has 0 aliphatic heterocycles. The van der Waals surface area contributed by atoms with Gasteiger partial charge >= 0.3 is 6.18 Å². The molecule has 0 saturated heterocycles. The predicted octanol–water partition coefficient (Wildman–Crippen LogP) is 2.29. The Hall–Kier alpha value is -2.43. The molecule has 11 heteroatoms. The second-order valence-electron chi connectivity index (χ2n) is 5.52. The van der Waals surface area contributed by atoms with Gasteiger partial charge in [-0.05, 0) is 37.1 Å². The smallest absolute Gasteiger partial charge is 0.272 e. The number of nitrogens with zero attached hydrogens (tertiary/aromatic N) is 2. The number of carbonyl (C=O) groups excluding carboxylic acids is 1. The zero-order chi connectivity index (χ0) is 19.5. The van der Waals surface area contributed by atoms with Crippen LogP contribution in [0.2, 0.25) is 0 Å². The van der Waals surface area contributed by atoms with Crippen LogP contribution in [-0.2, 0) is 27.4 Å². The zero-order valence-corrected chi connectivity index (χ0v) is 14.3. The third-order valence-corrected chi connectivity index (χ3v) is 4.76. The lowest BCUT2D eigenvalue weighted by Gasteiger charge is -2.13. The molecule has 0 saturated carbocycles. The highest BCUT2D eigenvalue weighted by Crippen LogP contribution is 2.27. The maximum absolute atomic E-state index is 12.8. The standard InChI is InChI=1S/C15H15F4N3O3S/c1-10(22-8-6-13(20-22)15(17,18)19)14(23)21-26(24,25)9-7-11-2-4-12(16)5-3-11/h2-6,8,10H,7,9H2,1H3,(H,21,23). The number of hydrogen-bond donors (Lipinski definition) is 1. The first-order chi connectivity index (χ1) is 12.0. The van der Waals surface area contributed by atoms with Crippen LogP contribution in [0, 0.1) is 5.82 Å². The summed E-state index contributed by atoms with van der Waals surface area (Å²) in [6.45, 7) is 1.22. The number of sulfonamides is 1. The van der Waals surface area contributed by atoms with Gasteiger partial charge in [-0.2, -0.15) is 18.3 Å². The second kappa shape index (κ2) is 7.44. The summed E-state index contributed by atoms with van der Waals surface area (Å²) >= 11 is 0. The molecular formula is C15H15F4N3O3S. The molecule has 2 rings (SSSR count). The van der Waals surface area contributed by atoms with E-state index in [1.807, 2.05) is 0 Å². The van der Waals surface area contributed by atoms with E-state index in [0.717, 1.165) is 10.9 Å². The molecule has 1 heterocycles. The van der Waals surface area contributed by atoms with Crippen molar-refractivity contribution in [3.63, 3.8) is 0 Å². The molecule has 0 radical (unpaired) electrons. The first-order valence-corrected chi connectivity index (χ1v) is 9.04. The van der Waals surface area contributed by atoms with Gasteiger partial charge in [0.1, 0.15) is 11.9 Å². The van der Waals surface area contributed by atoms with Crippen LogP contribution in [0.25, 0.3) is 0 Å². The molecule has 1 amide bonds. The van der Waals surface area contributed by atoms with E-state index in [2.05, 4.69) is 5.10 Å². The highest BCUT2D eigenvalue weighted by Gasteiger charge is 2.34. The number of rotatable bonds is 6. The molecule has 1 unspecified atom stereocenters. The highest BCUT2D eigenvalue weighted by molar-refractivity contribution is 7.90. The fourth-order valence-electron chi connectivity index (χ4n) is 2.02. The summed E-state index contributed by atoms with van der Waals surface area (Å²) in [6.07, 6.45) is -3.68. The van der Waals surface area contributed by atoms with Gasteiger partial charge in [-0.25, -0.2) is 12.8 Å². The largest absolute Gasteiger partial charge is 0.435 e. The van der Waals surface area contributed by atoms with Gasteiger partial charge in [0.2, 0.25) is 10.0 Å². The van der Waals surface area contributed by atoms with E-state index < -0.39 is 45.4 Å². The van der Waals surface area contributed by atoms with E-state index in [-0.39, 0.29) is 6.42 Å². The van der Waals surface area contributed by atoms with E-state index in [1.54, 1.807) is 4.72 Å². The Labute approximate surface area is 146 Å². The van der Waals surface area contributed by atoms with Crippen molar-refractivity contribution in [3.8, 4) is 0 Å². The van der Waals surface area contributed by atoms with Crippen LogP contribution in [-0.4, -0.2) is 29.9 Å². The second-order valence-corrected chi connectivity index (χ2v) is 7.36. The molecular weight excluding hydrogens is 378 g/mol. The lowest BCUT2D eigenvalue weighted by molar-refractivity contribution is -0.142. The summed E-state index contributed by atoms with van der Waals surface area (Å²) < 4.78 is 76.9. The summed E-state index contributed by atoms with van der Waals surface area (Å²) in [5, 5.41) is 3.23. The van der Waals surface area contributed by atoms with Gasteiger partial charge in [-0.3, -0.25) is 14.2 Å². The Balaban J connectivity index is 1.98. The average Bonchev–Trinajstić information content (AvgIpc) is 3.03. The van der Waals surface area contributed by atoms with E-state index in [1.165, 1.54) is 31.2 Å². The Bertz CT molecular complexity index is 876. The number of halogens is 4. The predicted molar refractivity (Wildman–Crippen MR) is 84.0 cm³/mol. The molecule has 1 aromatic heterocycles. The maximum atomic E-state index is 12.8. The van der Waals surface area contributed by atoms with Crippen LogP contribution < -0.4 is 4.72 Å². The lowest BCUT2D eigenvalue weighted by atomic mass is 10.2. The third-order valence-electron chi connectivity index (χ3n) is 3.50. The molecule has 2 aromatic rings. The lowest BCUT2D eigenvalue weighted by Crippen LogP contribution is -2.37. The summed E-state index contributed by atoms with van der Waals surface area (Å²) in [6, 6.07) is 4.62. The molecule has 0 spiro atoms. The number of aryl methyl sites for hydroxylation is 1. The number of nitrogens with one attached hydrogen (secondary N) is 1. The summed E-state index contributed by atoms with van der Waals surface area (Å²) in [5.41, 5.74) is -0.629. The third kappa shape index (κ3) is 5.28. The van der Waals surface area contributed by atoms with Crippen molar-refractivity contribution < 1.29 is 30.8 Å². The van der Waals surface area contributed by atoms with Crippen molar-refractivity contribution in [1.29, 1.82) is 0 Å². The van der Waals surface area contributed by atoms with Crippen molar-refractivity contribution in [2.75, 3.05) is 5.75 Å². The van der Waals surface area contributed by atoms with Gasteiger partial charge in [0, 0.05) is 6.20 Å². The molecule has 26 heavy (non-hydrogen) atoms. The summed E-state index contributed by atoms with van der Waals surface area (Å²) in [4.78, 5) is 12.0. The molecule has 0 bridgehead atoms. The minimum absolute atomic E-state index is 0.0390. The quantitative estimate of drug-likeness (QED) is 0.764. The van der Waals surface area contributed by atoms with Gasteiger partial charge in [0.25, 0.3) is 5.91 Å². The van der Waals surface area contributed by atoms with Crippen LogP contribution in [0.1, 0.15) is 24.2 Å². The molecule has 1 atom stereocenters.